The van der Waals surface area contributed by atoms with Crippen LogP contribution < -0.4 is 0 Å². The molecule has 0 radical (unpaired) electrons. The third kappa shape index (κ3) is 3.77. The van der Waals surface area contributed by atoms with Gasteiger partial charge in [0.15, 0.2) is 0 Å². The minimum Gasteiger partial charge on any atom is -0.351 e. The number of benzene rings is 2. The van der Waals surface area contributed by atoms with Crippen LogP contribution in [0.1, 0.15) is 32.2 Å². The van der Waals surface area contributed by atoms with Gasteiger partial charge in [0.25, 0.3) is 11.8 Å². The number of fused-ring (bicyclic) bond motifs is 1. The van der Waals surface area contributed by atoms with E-state index in [-0.39, 0.29) is 17.6 Å². The molecule has 1 aliphatic rings. The highest BCUT2D eigenvalue weighted by Crippen LogP contribution is 2.24. The molecule has 0 unspecified atom stereocenters. The van der Waals surface area contributed by atoms with Gasteiger partial charge in [0.2, 0.25) is 5.76 Å². The maximum absolute atomic E-state index is 13.4. The molecule has 7 heteroatoms. The van der Waals surface area contributed by atoms with Crippen molar-refractivity contribution in [2.75, 3.05) is 26.2 Å². The Morgan fingerprint density at radius 1 is 0.906 bits per heavy atom. The summed E-state index contributed by atoms with van der Waals surface area (Å²) in [7, 11) is 0. The Hall–Kier alpha value is -3.87. The third-order valence-electron chi connectivity index (χ3n) is 5.91. The summed E-state index contributed by atoms with van der Waals surface area (Å²) in [6.45, 7) is 4.38. The summed E-state index contributed by atoms with van der Waals surface area (Å²) in [6.07, 6.45) is 1.95. The Kier molecular flexibility index (Phi) is 5.23. The van der Waals surface area contributed by atoms with Crippen LogP contribution in [0.2, 0.25) is 0 Å². The fourth-order valence-corrected chi connectivity index (χ4v) is 4.23. The summed E-state index contributed by atoms with van der Waals surface area (Å²) in [5.41, 5.74) is 3.59. The van der Waals surface area contributed by atoms with Crippen molar-refractivity contribution in [2.45, 2.75) is 13.5 Å². The molecule has 7 nitrogen and oxygen atoms in total. The molecule has 0 atom stereocenters. The van der Waals surface area contributed by atoms with Crippen LogP contribution in [0, 0.1) is 6.92 Å². The molecule has 0 spiro atoms. The fourth-order valence-electron chi connectivity index (χ4n) is 4.23. The van der Waals surface area contributed by atoms with E-state index in [9.17, 15) is 9.59 Å². The molecule has 0 saturated carbocycles. The van der Waals surface area contributed by atoms with Crippen molar-refractivity contribution < 1.29 is 14.1 Å². The molecule has 0 bridgehead atoms. The lowest BCUT2D eigenvalue weighted by Gasteiger charge is -2.34. The molecule has 0 N–H and O–H groups in total. The van der Waals surface area contributed by atoms with Crippen molar-refractivity contribution in [2.24, 2.45) is 0 Å². The van der Waals surface area contributed by atoms with Crippen LogP contribution in [0.15, 0.2) is 71.4 Å². The molecule has 0 aliphatic carbocycles. The largest absolute Gasteiger partial charge is 0.351 e. The monoisotopic (exact) mass is 428 g/mol. The number of para-hydroxylation sites is 1. The van der Waals surface area contributed by atoms with Gasteiger partial charge in [-0.1, -0.05) is 53.7 Å². The van der Waals surface area contributed by atoms with E-state index >= 15 is 0 Å². The molecule has 1 aliphatic heterocycles. The second-order valence-electron chi connectivity index (χ2n) is 8.09. The van der Waals surface area contributed by atoms with Crippen molar-refractivity contribution in [3.63, 3.8) is 0 Å². The predicted molar refractivity (Wildman–Crippen MR) is 121 cm³/mol. The molecule has 3 heterocycles. The van der Waals surface area contributed by atoms with Crippen molar-refractivity contribution in [3.05, 3.63) is 89.4 Å². The lowest BCUT2D eigenvalue weighted by Crippen LogP contribution is -2.50. The van der Waals surface area contributed by atoms with Crippen LogP contribution in [0.4, 0.5) is 0 Å². The number of hydrogen-bond acceptors (Lipinski definition) is 4. The number of hydrogen-bond donors (Lipinski definition) is 0. The van der Waals surface area contributed by atoms with E-state index in [2.05, 4.69) is 21.9 Å². The van der Waals surface area contributed by atoms with Crippen molar-refractivity contribution in [1.82, 2.24) is 19.5 Å². The molecular formula is C25H24N4O3. The van der Waals surface area contributed by atoms with E-state index in [1.807, 2.05) is 53.6 Å². The summed E-state index contributed by atoms with van der Waals surface area (Å²) in [4.78, 5) is 29.5. The van der Waals surface area contributed by atoms with E-state index in [0.717, 1.165) is 10.9 Å². The lowest BCUT2D eigenvalue weighted by atomic mass is 10.1. The molecule has 2 aromatic heterocycles. The Balaban J connectivity index is 1.34. The maximum Gasteiger partial charge on any atom is 0.292 e. The molecule has 5 rings (SSSR count). The van der Waals surface area contributed by atoms with E-state index < -0.39 is 0 Å². The van der Waals surface area contributed by atoms with Gasteiger partial charge in [-0.3, -0.25) is 9.59 Å². The zero-order chi connectivity index (χ0) is 22.1. The Morgan fingerprint density at radius 2 is 1.56 bits per heavy atom. The molecule has 32 heavy (non-hydrogen) atoms. The van der Waals surface area contributed by atoms with Crippen LogP contribution in [-0.4, -0.2) is 57.5 Å². The topological polar surface area (TPSA) is 71.6 Å². The van der Waals surface area contributed by atoms with Gasteiger partial charge in [-0.2, -0.15) is 0 Å². The average molecular weight is 428 g/mol. The van der Waals surface area contributed by atoms with E-state index in [4.69, 9.17) is 4.52 Å². The summed E-state index contributed by atoms with van der Waals surface area (Å²) in [5, 5.41) is 4.74. The first kappa shape index (κ1) is 20.1. The quantitative estimate of drug-likeness (QED) is 0.498. The second kappa shape index (κ2) is 8.34. The molecule has 162 valence electrons. The number of nitrogens with zero attached hydrogens (tertiary/aromatic N) is 4. The average Bonchev–Trinajstić information content (AvgIpc) is 3.43. The first-order valence-electron chi connectivity index (χ1n) is 10.7. The smallest absolute Gasteiger partial charge is 0.292 e. The SMILES string of the molecule is Cc1cc(C(=O)N2CCN(C(=O)c3cn(Cc4ccccc4)c4ccccc34)CC2)on1. The molecular weight excluding hydrogens is 404 g/mol. The van der Waals surface area contributed by atoms with Gasteiger partial charge >= 0.3 is 0 Å². The Bertz CT molecular complexity index is 1270. The number of piperazine rings is 1. The van der Waals surface area contributed by atoms with Gasteiger partial charge in [0.05, 0.1) is 11.3 Å². The zero-order valence-electron chi connectivity index (χ0n) is 17.9. The summed E-state index contributed by atoms with van der Waals surface area (Å²) < 4.78 is 7.23. The second-order valence-corrected chi connectivity index (χ2v) is 8.09. The Labute approximate surface area is 185 Å². The zero-order valence-corrected chi connectivity index (χ0v) is 17.9. The minimum atomic E-state index is -0.183. The Morgan fingerprint density at radius 3 is 2.25 bits per heavy atom. The molecule has 1 fully saturated rings. The molecule has 2 amide bonds. The third-order valence-corrected chi connectivity index (χ3v) is 5.91. The van der Waals surface area contributed by atoms with Gasteiger partial charge in [-0.25, -0.2) is 0 Å². The number of aryl methyl sites for hydroxylation is 1. The minimum absolute atomic E-state index is 0.00406. The summed E-state index contributed by atoms with van der Waals surface area (Å²) in [5.74, 6) is 0.0547. The maximum atomic E-state index is 13.4. The molecule has 2 aromatic carbocycles. The highest BCUT2D eigenvalue weighted by Gasteiger charge is 2.28. The van der Waals surface area contributed by atoms with Crippen molar-refractivity contribution >= 4 is 22.7 Å². The lowest BCUT2D eigenvalue weighted by molar-refractivity contribution is 0.0513. The van der Waals surface area contributed by atoms with Crippen LogP contribution in [-0.2, 0) is 6.54 Å². The summed E-state index contributed by atoms with van der Waals surface area (Å²) in [6, 6.07) is 19.9. The van der Waals surface area contributed by atoms with E-state index in [0.29, 0.717) is 44.0 Å². The summed E-state index contributed by atoms with van der Waals surface area (Å²) >= 11 is 0. The van der Waals surface area contributed by atoms with Gasteiger partial charge < -0.3 is 18.9 Å². The van der Waals surface area contributed by atoms with E-state index in [1.165, 1.54) is 5.56 Å². The number of aromatic nitrogens is 2. The van der Waals surface area contributed by atoms with Crippen LogP contribution >= 0.6 is 0 Å². The first-order chi connectivity index (χ1) is 15.6. The van der Waals surface area contributed by atoms with Crippen LogP contribution in [0.3, 0.4) is 0 Å². The van der Waals surface area contributed by atoms with Crippen LogP contribution in [0.5, 0.6) is 0 Å². The first-order valence-corrected chi connectivity index (χ1v) is 10.7. The standard InChI is InChI=1S/C25H24N4O3/c1-18-15-23(32-26-18)25(31)28-13-11-27(12-14-28)24(30)21-17-29(16-19-7-3-2-4-8-19)22-10-6-5-9-20(21)22/h2-10,15,17H,11-14,16H2,1H3. The van der Waals surface area contributed by atoms with Gasteiger partial charge in [-0.05, 0) is 18.6 Å². The van der Waals surface area contributed by atoms with Gasteiger partial charge in [-0.15, -0.1) is 0 Å². The van der Waals surface area contributed by atoms with Crippen molar-refractivity contribution in [1.29, 1.82) is 0 Å². The highest BCUT2D eigenvalue weighted by molar-refractivity contribution is 6.07. The number of carbonyl (C=O) groups is 2. The van der Waals surface area contributed by atoms with Gasteiger partial charge in [0, 0.05) is 55.9 Å². The molecule has 1 saturated heterocycles. The van der Waals surface area contributed by atoms with E-state index in [1.54, 1.807) is 17.9 Å². The predicted octanol–water partition coefficient (Wildman–Crippen LogP) is 3.58. The van der Waals surface area contributed by atoms with Crippen LogP contribution in [0.25, 0.3) is 10.9 Å². The highest BCUT2D eigenvalue weighted by atomic mass is 16.5. The number of amides is 2. The fraction of sp³-hybridized carbons (Fsp3) is 0.240. The normalized spacial score (nSPS) is 14.2. The van der Waals surface area contributed by atoms with Crippen molar-refractivity contribution in [3.8, 4) is 0 Å². The molecule has 4 aromatic rings. The number of carbonyl (C=O) groups excluding carboxylic acids is 2. The van der Waals surface area contributed by atoms with Gasteiger partial charge in [0.1, 0.15) is 0 Å². The number of rotatable bonds is 4.